The summed E-state index contributed by atoms with van der Waals surface area (Å²) in [5, 5.41) is 5.87. The molecule has 16 heavy (non-hydrogen) atoms. The summed E-state index contributed by atoms with van der Waals surface area (Å²) in [5.74, 6) is -0.952. The minimum Gasteiger partial charge on any atom is -0.351 e. The molecule has 1 amide bonds. The number of pyridine rings is 1. The van der Waals surface area contributed by atoms with Crippen LogP contribution in [0.3, 0.4) is 0 Å². The predicted molar refractivity (Wildman–Crippen MR) is 53.4 cm³/mol. The van der Waals surface area contributed by atoms with E-state index in [1.54, 1.807) is 6.92 Å². The summed E-state index contributed by atoms with van der Waals surface area (Å²) < 4.78 is 17.5. The van der Waals surface area contributed by atoms with Crippen molar-refractivity contribution < 1.29 is 13.7 Å². The summed E-state index contributed by atoms with van der Waals surface area (Å²) in [5.41, 5.74) is 0.605. The summed E-state index contributed by atoms with van der Waals surface area (Å²) >= 11 is 0. The Balaban J connectivity index is 2.17. The van der Waals surface area contributed by atoms with E-state index in [4.69, 9.17) is 4.52 Å². The van der Waals surface area contributed by atoms with Crippen molar-refractivity contribution >= 4 is 11.7 Å². The number of halogens is 1. The first kappa shape index (κ1) is 10.3. The molecule has 0 saturated heterocycles. The molecule has 0 bridgehead atoms. The van der Waals surface area contributed by atoms with Crippen molar-refractivity contribution in [3.05, 3.63) is 41.7 Å². The minimum atomic E-state index is -0.660. The third-order valence-electron chi connectivity index (χ3n) is 1.91. The summed E-state index contributed by atoms with van der Waals surface area (Å²) in [6.45, 7) is 1.68. The monoisotopic (exact) mass is 221 g/mol. The molecule has 0 fully saturated rings. The maximum Gasteiger partial charge on any atom is 0.295 e. The first-order chi connectivity index (χ1) is 7.66. The summed E-state index contributed by atoms with van der Waals surface area (Å²) in [6, 6.07) is 4.12. The maximum absolute atomic E-state index is 12.7. The molecule has 0 spiro atoms. The highest BCUT2D eigenvalue weighted by atomic mass is 19.1. The van der Waals surface area contributed by atoms with Gasteiger partial charge in [-0.2, -0.15) is 4.39 Å². The molecule has 0 saturated carbocycles. The Bertz CT molecular complexity index is 524. The summed E-state index contributed by atoms with van der Waals surface area (Å²) in [6.07, 6.45) is 1.42. The van der Waals surface area contributed by atoms with Crippen LogP contribution in [-0.4, -0.2) is 16.0 Å². The first-order valence-electron chi connectivity index (χ1n) is 4.52. The number of nitrogens with zero attached hydrogens (tertiary/aromatic N) is 2. The molecular weight excluding hydrogens is 213 g/mol. The zero-order valence-electron chi connectivity index (χ0n) is 8.40. The molecule has 0 aliphatic rings. The fourth-order valence-corrected chi connectivity index (χ4v) is 1.16. The fraction of sp³-hybridized carbons (Fsp3) is 0.100. The van der Waals surface area contributed by atoms with Gasteiger partial charge in [-0.25, -0.2) is 4.98 Å². The van der Waals surface area contributed by atoms with Gasteiger partial charge in [0.1, 0.15) is 5.82 Å². The quantitative estimate of drug-likeness (QED) is 0.784. The molecule has 82 valence electrons. The third-order valence-corrected chi connectivity index (χ3v) is 1.91. The Hall–Kier alpha value is -2.24. The molecule has 5 nitrogen and oxygen atoms in total. The van der Waals surface area contributed by atoms with Gasteiger partial charge in [0.15, 0.2) is 0 Å². The average Bonchev–Trinajstić information content (AvgIpc) is 2.64. The van der Waals surface area contributed by atoms with E-state index in [0.29, 0.717) is 5.56 Å². The van der Waals surface area contributed by atoms with E-state index in [1.807, 2.05) is 0 Å². The first-order valence-corrected chi connectivity index (χ1v) is 4.52. The molecule has 0 atom stereocenters. The standard InChI is InChI=1S/C10H8FN3O2/c1-6-5-12-16-9(6)10(15)14-8-4-2-3-7(11)13-8/h2-5H,1H3,(H,13,14,15). The number of rotatable bonds is 2. The number of carbonyl (C=O) groups excluding carboxylic acids is 1. The summed E-state index contributed by atoms with van der Waals surface area (Å²) in [4.78, 5) is 15.1. The van der Waals surface area contributed by atoms with Crippen LogP contribution in [0.25, 0.3) is 0 Å². The van der Waals surface area contributed by atoms with E-state index in [2.05, 4.69) is 15.5 Å². The Kier molecular flexibility index (Phi) is 2.63. The Morgan fingerprint density at radius 3 is 2.94 bits per heavy atom. The number of nitrogens with one attached hydrogen (secondary N) is 1. The van der Waals surface area contributed by atoms with Crippen molar-refractivity contribution in [2.24, 2.45) is 0 Å². The van der Waals surface area contributed by atoms with Crippen LogP contribution in [0.5, 0.6) is 0 Å². The molecule has 0 aromatic carbocycles. The topological polar surface area (TPSA) is 68.0 Å². The van der Waals surface area contributed by atoms with Gasteiger partial charge in [0.2, 0.25) is 11.7 Å². The van der Waals surface area contributed by atoms with Crippen LogP contribution in [0.15, 0.2) is 28.9 Å². The molecule has 0 radical (unpaired) electrons. The van der Waals surface area contributed by atoms with Crippen LogP contribution in [-0.2, 0) is 0 Å². The van der Waals surface area contributed by atoms with Crippen molar-refractivity contribution in [2.75, 3.05) is 5.32 Å². The lowest BCUT2D eigenvalue weighted by Crippen LogP contribution is -2.13. The van der Waals surface area contributed by atoms with Gasteiger partial charge in [0, 0.05) is 5.56 Å². The molecule has 0 aliphatic carbocycles. The molecule has 2 heterocycles. The average molecular weight is 221 g/mol. The second kappa shape index (κ2) is 4.09. The van der Waals surface area contributed by atoms with E-state index in [-0.39, 0.29) is 11.6 Å². The molecular formula is C10H8FN3O2. The Morgan fingerprint density at radius 2 is 2.31 bits per heavy atom. The normalized spacial score (nSPS) is 10.1. The number of amides is 1. The van der Waals surface area contributed by atoms with Gasteiger partial charge < -0.3 is 9.84 Å². The SMILES string of the molecule is Cc1cnoc1C(=O)Nc1cccc(F)n1. The highest BCUT2D eigenvalue weighted by molar-refractivity contribution is 6.02. The van der Waals surface area contributed by atoms with Crippen LogP contribution in [0, 0.1) is 12.9 Å². The van der Waals surface area contributed by atoms with E-state index >= 15 is 0 Å². The number of anilines is 1. The lowest BCUT2D eigenvalue weighted by molar-refractivity contribution is 0.0986. The van der Waals surface area contributed by atoms with Crippen molar-refractivity contribution in [3.63, 3.8) is 0 Å². The van der Waals surface area contributed by atoms with Gasteiger partial charge in [-0.3, -0.25) is 4.79 Å². The van der Waals surface area contributed by atoms with Gasteiger partial charge in [-0.15, -0.1) is 0 Å². The van der Waals surface area contributed by atoms with Gasteiger partial charge in [0.05, 0.1) is 6.20 Å². The van der Waals surface area contributed by atoms with Gasteiger partial charge in [0.25, 0.3) is 5.91 Å². The highest BCUT2D eigenvalue weighted by Crippen LogP contribution is 2.10. The van der Waals surface area contributed by atoms with Crippen LogP contribution in [0.4, 0.5) is 10.2 Å². The Morgan fingerprint density at radius 1 is 1.50 bits per heavy atom. The largest absolute Gasteiger partial charge is 0.351 e. The van der Waals surface area contributed by atoms with Gasteiger partial charge in [-0.1, -0.05) is 11.2 Å². The van der Waals surface area contributed by atoms with Crippen LogP contribution in [0.2, 0.25) is 0 Å². The van der Waals surface area contributed by atoms with E-state index in [9.17, 15) is 9.18 Å². The number of carbonyl (C=O) groups is 1. The predicted octanol–water partition coefficient (Wildman–Crippen LogP) is 1.77. The molecule has 2 aromatic heterocycles. The third kappa shape index (κ3) is 2.05. The van der Waals surface area contributed by atoms with Crippen molar-refractivity contribution in [3.8, 4) is 0 Å². The van der Waals surface area contributed by atoms with Crippen LogP contribution >= 0.6 is 0 Å². The summed E-state index contributed by atoms with van der Waals surface area (Å²) in [7, 11) is 0. The highest BCUT2D eigenvalue weighted by Gasteiger charge is 2.14. The number of hydrogen-bond donors (Lipinski definition) is 1. The zero-order valence-corrected chi connectivity index (χ0v) is 8.40. The van der Waals surface area contributed by atoms with Crippen molar-refractivity contribution in [1.29, 1.82) is 0 Å². The van der Waals surface area contributed by atoms with Gasteiger partial charge in [-0.05, 0) is 19.1 Å². The number of aryl methyl sites for hydroxylation is 1. The molecule has 1 N–H and O–H groups in total. The smallest absolute Gasteiger partial charge is 0.295 e. The number of aromatic nitrogens is 2. The molecule has 2 aromatic rings. The molecule has 0 unspecified atom stereocenters. The number of hydrogen-bond acceptors (Lipinski definition) is 4. The van der Waals surface area contributed by atoms with E-state index in [0.717, 1.165) is 0 Å². The molecule has 0 aliphatic heterocycles. The zero-order chi connectivity index (χ0) is 11.5. The van der Waals surface area contributed by atoms with Crippen molar-refractivity contribution in [2.45, 2.75) is 6.92 Å². The maximum atomic E-state index is 12.7. The fourth-order valence-electron chi connectivity index (χ4n) is 1.16. The van der Waals surface area contributed by atoms with E-state index in [1.165, 1.54) is 24.4 Å². The Labute approximate surface area is 90.3 Å². The van der Waals surface area contributed by atoms with Crippen LogP contribution < -0.4 is 5.32 Å². The lowest BCUT2D eigenvalue weighted by atomic mass is 10.3. The van der Waals surface area contributed by atoms with E-state index < -0.39 is 11.9 Å². The molecule has 2 rings (SSSR count). The lowest BCUT2D eigenvalue weighted by Gasteiger charge is -2.01. The van der Waals surface area contributed by atoms with Crippen molar-refractivity contribution in [1.82, 2.24) is 10.1 Å². The molecule has 6 heteroatoms. The van der Waals surface area contributed by atoms with Crippen LogP contribution in [0.1, 0.15) is 16.1 Å². The van der Waals surface area contributed by atoms with Gasteiger partial charge >= 0.3 is 0 Å². The second-order valence-electron chi connectivity index (χ2n) is 3.14. The minimum absolute atomic E-state index is 0.0889. The second-order valence-corrected chi connectivity index (χ2v) is 3.14.